The van der Waals surface area contributed by atoms with E-state index in [-0.39, 0.29) is 5.69 Å². The molecule has 1 aromatic rings. The molecule has 0 saturated carbocycles. The number of nitrogens with one attached hydrogen (secondary N) is 1. The van der Waals surface area contributed by atoms with Gasteiger partial charge in [0, 0.05) is 11.8 Å². The average Bonchev–Trinajstić information content (AvgIpc) is 2.14. The maximum absolute atomic E-state index is 10.9. The molecular weight excluding hydrogens is 252 g/mol. The lowest BCUT2D eigenvalue weighted by Gasteiger charge is -2.07. The van der Waals surface area contributed by atoms with Gasteiger partial charge in [-0.05, 0) is 12.1 Å². The number of carbonyl (C=O) groups excluding carboxylic acids is 1. The highest BCUT2D eigenvalue weighted by Gasteiger charge is 2.15. The number of anilines is 1. The van der Waals surface area contributed by atoms with E-state index in [4.69, 9.17) is 0 Å². The van der Waals surface area contributed by atoms with Crippen LogP contribution in [0.15, 0.2) is 18.2 Å². The Labute approximate surface area is 96.1 Å². The Hall–Kier alpha value is -2.16. The van der Waals surface area contributed by atoms with Gasteiger partial charge in [0.15, 0.2) is 0 Å². The van der Waals surface area contributed by atoms with Crippen LogP contribution in [0.3, 0.4) is 0 Å². The number of carboxylic acids is 1. The summed E-state index contributed by atoms with van der Waals surface area (Å²) in [5.41, 5.74) is -1.44. The molecule has 0 unspecified atom stereocenters. The third-order valence-corrected chi connectivity index (χ3v) is 2.32. The van der Waals surface area contributed by atoms with Crippen LogP contribution in [0.5, 0.6) is 0 Å². The van der Waals surface area contributed by atoms with Crippen LogP contribution in [0.2, 0.25) is 0 Å². The van der Waals surface area contributed by atoms with E-state index in [1.54, 1.807) is 0 Å². The van der Waals surface area contributed by atoms with Crippen LogP contribution in [0.1, 0.15) is 10.4 Å². The highest BCUT2D eigenvalue weighted by atomic mass is 32.2. The van der Waals surface area contributed by atoms with Gasteiger partial charge >= 0.3 is 0 Å². The summed E-state index contributed by atoms with van der Waals surface area (Å²) in [6, 6.07) is 2.80. The number of carboxylic acid groups (broad SMARTS) is 1. The van der Waals surface area contributed by atoms with Crippen molar-refractivity contribution in [3.63, 3.8) is 0 Å². The first kappa shape index (κ1) is 12.9. The molecule has 0 aliphatic heterocycles. The summed E-state index contributed by atoms with van der Waals surface area (Å²) < 4.78 is 23.8. The highest BCUT2D eigenvalue weighted by Crippen LogP contribution is 2.22. The zero-order chi connectivity index (χ0) is 13.2. The molecular formula is C8H7N2O6S-. The van der Waals surface area contributed by atoms with Gasteiger partial charge in [0.1, 0.15) is 0 Å². The third kappa shape index (κ3) is 3.41. The minimum Gasteiger partial charge on any atom is -0.545 e. The van der Waals surface area contributed by atoms with Crippen molar-refractivity contribution in [1.29, 1.82) is 0 Å². The van der Waals surface area contributed by atoms with E-state index >= 15 is 0 Å². The number of nitrogens with zero attached hydrogens (tertiary/aromatic N) is 1. The van der Waals surface area contributed by atoms with E-state index in [0.29, 0.717) is 0 Å². The molecule has 0 heterocycles. The molecule has 9 heteroatoms. The Bertz CT molecular complexity index is 580. The summed E-state index contributed by atoms with van der Waals surface area (Å²) in [7, 11) is -3.59. The Morgan fingerprint density at radius 1 is 1.41 bits per heavy atom. The molecule has 0 spiro atoms. The number of rotatable bonds is 4. The summed E-state index contributed by atoms with van der Waals surface area (Å²) in [6.07, 6.45) is 0.868. The molecule has 0 radical (unpaired) electrons. The number of hydrogen-bond acceptors (Lipinski definition) is 6. The Kier molecular flexibility index (Phi) is 3.32. The van der Waals surface area contributed by atoms with Crippen LogP contribution >= 0.6 is 0 Å². The Morgan fingerprint density at radius 2 is 2.00 bits per heavy atom. The molecule has 92 valence electrons. The minimum atomic E-state index is -3.59. The number of benzene rings is 1. The molecule has 1 rings (SSSR count). The minimum absolute atomic E-state index is 0.0858. The molecule has 1 N–H and O–H groups in total. The Morgan fingerprint density at radius 3 is 2.41 bits per heavy atom. The first-order valence-corrected chi connectivity index (χ1v) is 6.07. The zero-order valence-electron chi connectivity index (χ0n) is 8.54. The van der Waals surface area contributed by atoms with Crippen LogP contribution in [0.4, 0.5) is 11.4 Å². The fourth-order valence-electron chi connectivity index (χ4n) is 1.14. The molecule has 8 nitrogen and oxygen atoms in total. The second-order valence-corrected chi connectivity index (χ2v) is 4.90. The maximum atomic E-state index is 10.9. The summed E-state index contributed by atoms with van der Waals surface area (Å²) in [4.78, 5) is 20.3. The second kappa shape index (κ2) is 4.37. The van der Waals surface area contributed by atoms with E-state index < -0.39 is 32.2 Å². The Balaban J connectivity index is 3.28. The standard InChI is InChI=1S/C8H8N2O6S/c1-17(15,16)9-5-2-3-7(10(13)14)6(4-5)8(11)12/h2-4,9H,1H3,(H,11,12)/p-1. The average molecular weight is 259 g/mol. The zero-order valence-corrected chi connectivity index (χ0v) is 9.35. The van der Waals surface area contributed by atoms with E-state index in [0.717, 1.165) is 24.5 Å². The highest BCUT2D eigenvalue weighted by molar-refractivity contribution is 7.92. The predicted molar refractivity (Wildman–Crippen MR) is 55.9 cm³/mol. The van der Waals surface area contributed by atoms with E-state index in [1.165, 1.54) is 0 Å². The molecule has 0 atom stereocenters. The smallest absolute Gasteiger partial charge is 0.278 e. The molecule has 0 aliphatic carbocycles. The largest absolute Gasteiger partial charge is 0.545 e. The molecule has 0 saturated heterocycles. The van der Waals surface area contributed by atoms with Crippen molar-refractivity contribution in [1.82, 2.24) is 0 Å². The SMILES string of the molecule is CS(=O)(=O)Nc1ccc([N+](=O)[O-])c(C(=O)[O-])c1. The summed E-state index contributed by atoms with van der Waals surface area (Å²) in [5, 5.41) is 21.1. The van der Waals surface area contributed by atoms with Gasteiger partial charge < -0.3 is 9.90 Å². The lowest BCUT2D eigenvalue weighted by molar-refractivity contribution is -0.385. The lowest BCUT2D eigenvalue weighted by Crippen LogP contribution is -2.23. The van der Waals surface area contributed by atoms with Gasteiger partial charge in [0.25, 0.3) is 5.69 Å². The molecule has 0 aromatic heterocycles. The topological polar surface area (TPSA) is 129 Å². The van der Waals surface area contributed by atoms with Gasteiger partial charge in [0.2, 0.25) is 10.0 Å². The van der Waals surface area contributed by atoms with Crippen molar-refractivity contribution in [2.24, 2.45) is 0 Å². The van der Waals surface area contributed by atoms with Crippen LogP contribution < -0.4 is 9.83 Å². The lowest BCUT2D eigenvalue weighted by atomic mass is 10.1. The predicted octanol–water partition coefficient (Wildman–Crippen LogP) is -0.670. The van der Waals surface area contributed by atoms with E-state index in [2.05, 4.69) is 0 Å². The number of hydrogen-bond donors (Lipinski definition) is 1. The van der Waals surface area contributed by atoms with Gasteiger partial charge in [-0.1, -0.05) is 0 Å². The first-order valence-electron chi connectivity index (χ1n) is 4.18. The third-order valence-electron chi connectivity index (χ3n) is 1.72. The normalized spacial score (nSPS) is 10.9. The van der Waals surface area contributed by atoms with Crippen molar-refractivity contribution in [2.45, 2.75) is 0 Å². The monoisotopic (exact) mass is 259 g/mol. The fourth-order valence-corrected chi connectivity index (χ4v) is 1.69. The van der Waals surface area contributed by atoms with Crippen LogP contribution in [0.25, 0.3) is 0 Å². The summed E-state index contributed by atoms with van der Waals surface area (Å²) in [6.45, 7) is 0. The van der Waals surface area contributed by atoms with Crippen LogP contribution in [-0.4, -0.2) is 25.6 Å². The molecule has 0 aliphatic rings. The summed E-state index contributed by atoms with van der Waals surface area (Å²) in [5.74, 6) is -1.76. The molecule has 17 heavy (non-hydrogen) atoms. The number of nitro groups is 1. The first-order chi connectivity index (χ1) is 7.70. The van der Waals surface area contributed by atoms with Gasteiger partial charge in [-0.3, -0.25) is 14.8 Å². The fraction of sp³-hybridized carbons (Fsp3) is 0.125. The van der Waals surface area contributed by atoms with Crippen molar-refractivity contribution in [3.8, 4) is 0 Å². The van der Waals surface area contributed by atoms with E-state index in [9.17, 15) is 28.4 Å². The molecule has 0 amide bonds. The van der Waals surface area contributed by atoms with E-state index in [1.807, 2.05) is 4.72 Å². The van der Waals surface area contributed by atoms with Gasteiger partial charge in [0.05, 0.1) is 22.7 Å². The number of nitro benzene ring substituents is 1. The molecule has 0 fully saturated rings. The van der Waals surface area contributed by atoms with Crippen molar-refractivity contribution < 1.29 is 23.2 Å². The van der Waals surface area contributed by atoms with Crippen molar-refractivity contribution in [3.05, 3.63) is 33.9 Å². The summed E-state index contributed by atoms with van der Waals surface area (Å²) >= 11 is 0. The van der Waals surface area contributed by atoms with Crippen LogP contribution in [-0.2, 0) is 10.0 Å². The van der Waals surface area contributed by atoms with Crippen LogP contribution in [0, 0.1) is 10.1 Å². The number of aromatic carboxylic acids is 1. The van der Waals surface area contributed by atoms with Crippen molar-refractivity contribution in [2.75, 3.05) is 11.0 Å². The maximum Gasteiger partial charge on any atom is 0.278 e. The number of carbonyl (C=O) groups is 1. The quantitative estimate of drug-likeness (QED) is 0.563. The second-order valence-electron chi connectivity index (χ2n) is 3.15. The number of sulfonamides is 1. The van der Waals surface area contributed by atoms with Crippen molar-refractivity contribution >= 4 is 27.4 Å². The molecule has 0 bridgehead atoms. The van der Waals surface area contributed by atoms with Gasteiger partial charge in [-0.15, -0.1) is 0 Å². The van der Waals surface area contributed by atoms with Gasteiger partial charge in [-0.2, -0.15) is 0 Å². The van der Waals surface area contributed by atoms with Gasteiger partial charge in [-0.25, -0.2) is 8.42 Å². The molecule has 1 aromatic carbocycles.